The summed E-state index contributed by atoms with van der Waals surface area (Å²) in [6, 6.07) is 6.38. The van der Waals surface area contributed by atoms with Crippen molar-refractivity contribution in [2.45, 2.75) is 45.4 Å². The van der Waals surface area contributed by atoms with E-state index in [9.17, 15) is 18.8 Å². The van der Waals surface area contributed by atoms with Crippen LogP contribution in [0.5, 0.6) is 5.75 Å². The Balaban J connectivity index is 1.86. The SMILES string of the molecule is CC(C)(C)OC(=O)NC1CCN(c2c(C#N)cnc3ccc(OC(F)F)cc23)C1. The third kappa shape index (κ3) is 5.02. The number of nitrogens with zero attached hydrogens (tertiary/aromatic N) is 3. The number of ether oxygens (including phenoxy) is 2. The molecule has 9 heteroatoms. The molecule has 0 radical (unpaired) electrons. The Morgan fingerprint density at radius 1 is 1.41 bits per heavy atom. The number of fused-ring (bicyclic) bond motifs is 1. The number of alkyl halides is 2. The Bertz CT molecular complexity index is 953. The minimum absolute atomic E-state index is 0.00623. The number of hydrogen-bond acceptors (Lipinski definition) is 6. The predicted octanol–water partition coefficient (Wildman–Crippen LogP) is 3.81. The molecule has 0 aliphatic carbocycles. The maximum atomic E-state index is 12.6. The van der Waals surface area contributed by atoms with E-state index in [1.807, 2.05) is 4.90 Å². The molecule has 3 rings (SSSR count). The number of hydrogen-bond donors (Lipinski definition) is 1. The lowest BCUT2D eigenvalue weighted by molar-refractivity contribution is -0.0497. The first-order valence-electron chi connectivity index (χ1n) is 9.18. The average molecular weight is 404 g/mol. The summed E-state index contributed by atoms with van der Waals surface area (Å²) in [4.78, 5) is 18.2. The number of nitriles is 1. The second kappa shape index (κ2) is 8.07. The van der Waals surface area contributed by atoms with Crippen molar-refractivity contribution in [3.63, 3.8) is 0 Å². The molecule has 7 nitrogen and oxygen atoms in total. The largest absolute Gasteiger partial charge is 0.444 e. The van der Waals surface area contributed by atoms with Crippen LogP contribution in [0.25, 0.3) is 10.9 Å². The standard InChI is InChI=1S/C20H22F2N4O3/c1-20(2,3)29-19(27)25-13-6-7-26(11-13)17-12(9-23)10-24-16-5-4-14(8-15(16)17)28-18(21)22/h4-5,8,10,13,18H,6-7,11H2,1-3H3,(H,25,27). The lowest BCUT2D eigenvalue weighted by Crippen LogP contribution is -2.40. The van der Waals surface area contributed by atoms with Crippen LogP contribution in [0.4, 0.5) is 19.3 Å². The van der Waals surface area contributed by atoms with Gasteiger partial charge in [-0.15, -0.1) is 0 Å². The Morgan fingerprint density at radius 3 is 2.83 bits per heavy atom. The number of nitrogens with one attached hydrogen (secondary N) is 1. The molecule has 1 unspecified atom stereocenters. The molecule has 0 spiro atoms. The molecule has 154 valence electrons. The second-order valence-electron chi connectivity index (χ2n) is 7.77. The Hall–Kier alpha value is -3.15. The van der Waals surface area contributed by atoms with E-state index in [0.717, 1.165) is 0 Å². The topological polar surface area (TPSA) is 87.5 Å². The smallest absolute Gasteiger partial charge is 0.407 e. The fraction of sp³-hybridized carbons (Fsp3) is 0.450. The lowest BCUT2D eigenvalue weighted by atomic mass is 10.1. The van der Waals surface area contributed by atoms with Crippen molar-refractivity contribution in [2.75, 3.05) is 18.0 Å². The maximum Gasteiger partial charge on any atom is 0.407 e. The van der Waals surface area contributed by atoms with E-state index in [1.54, 1.807) is 26.8 Å². The summed E-state index contributed by atoms with van der Waals surface area (Å²) in [6.45, 7) is 3.44. The monoisotopic (exact) mass is 404 g/mol. The zero-order valence-electron chi connectivity index (χ0n) is 16.4. The quantitative estimate of drug-likeness (QED) is 0.834. The van der Waals surface area contributed by atoms with Gasteiger partial charge in [0.05, 0.1) is 22.8 Å². The summed E-state index contributed by atoms with van der Waals surface area (Å²) >= 11 is 0. The van der Waals surface area contributed by atoms with E-state index in [4.69, 9.17) is 4.74 Å². The number of carbonyl (C=O) groups excluding carboxylic acids is 1. The van der Waals surface area contributed by atoms with Gasteiger partial charge in [-0.1, -0.05) is 0 Å². The molecule has 0 saturated carbocycles. The maximum absolute atomic E-state index is 12.6. The van der Waals surface area contributed by atoms with Crippen molar-refractivity contribution in [3.8, 4) is 11.8 Å². The van der Waals surface area contributed by atoms with Gasteiger partial charge in [0.25, 0.3) is 0 Å². The number of halogens is 2. The van der Waals surface area contributed by atoms with E-state index in [1.165, 1.54) is 18.3 Å². The van der Waals surface area contributed by atoms with Crippen LogP contribution < -0.4 is 15.0 Å². The number of alkyl carbamates (subject to hydrolysis) is 1. The molecule has 1 aromatic carbocycles. The number of amides is 1. The Kier molecular flexibility index (Phi) is 5.73. The zero-order valence-corrected chi connectivity index (χ0v) is 16.4. The fourth-order valence-corrected chi connectivity index (χ4v) is 3.31. The molecule has 1 fully saturated rings. The summed E-state index contributed by atoms with van der Waals surface area (Å²) in [5.41, 5.74) is 0.873. The van der Waals surface area contributed by atoms with Crippen LogP contribution in [0.15, 0.2) is 24.4 Å². The van der Waals surface area contributed by atoms with Gasteiger partial charge < -0.3 is 19.7 Å². The first-order valence-corrected chi connectivity index (χ1v) is 9.18. The first kappa shape index (κ1) is 20.6. The lowest BCUT2D eigenvalue weighted by Gasteiger charge is -2.23. The van der Waals surface area contributed by atoms with Gasteiger partial charge in [0.1, 0.15) is 17.4 Å². The van der Waals surface area contributed by atoms with Crippen molar-refractivity contribution >= 4 is 22.7 Å². The van der Waals surface area contributed by atoms with Crippen molar-refractivity contribution in [3.05, 3.63) is 30.0 Å². The second-order valence-corrected chi connectivity index (χ2v) is 7.77. The predicted molar refractivity (Wildman–Crippen MR) is 103 cm³/mol. The molecular weight excluding hydrogens is 382 g/mol. The molecule has 1 amide bonds. The average Bonchev–Trinajstić information content (AvgIpc) is 3.06. The van der Waals surface area contributed by atoms with Crippen LogP contribution in [-0.2, 0) is 4.74 Å². The van der Waals surface area contributed by atoms with E-state index in [2.05, 4.69) is 21.1 Å². The van der Waals surface area contributed by atoms with Crippen molar-refractivity contribution in [1.82, 2.24) is 10.3 Å². The van der Waals surface area contributed by atoms with E-state index < -0.39 is 18.3 Å². The van der Waals surface area contributed by atoms with E-state index >= 15 is 0 Å². The molecule has 29 heavy (non-hydrogen) atoms. The van der Waals surface area contributed by atoms with Crippen LogP contribution in [0.1, 0.15) is 32.8 Å². The van der Waals surface area contributed by atoms with Crippen LogP contribution in [0.3, 0.4) is 0 Å². The summed E-state index contributed by atoms with van der Waals surface area (Å²) in [6.07, 6.45) is 1.61. The first-order chi connectivity index (χ1) is 13.7. The minimum atomic E-state index is -2.95. The van der Waals surface area contributed by atoms with Crippen LogP contribution in [0.2, 0.25) is 0 Å². The van der Waals surface area contributed by atoms with E-state index in [-0.39, 0.29) is 11.8 Å². The highest BCUT2D eigenvalue weighted by Gasteiger charge is 2.29. The van der Waals surface area contributed by atoms with Crippen LogP contribution in [0, 0.1) is 11.3 Å². The molecule has 1 saturated heterocycles. The number of pyridine rings is 1. The third-order valence-corrected chi connectivity index (χ3v) is 4.38. The molecule has 0 bridgehead atoms. The number of anilines is 1. The summed E-state index contributed by atoms with van der Waals surface area (Å²) < 4.78 is 35.0. The fourth-order valence-electron chi connectivity index (χ4n) is 3.31. The summed E-state index contributed by atoms with van der Waals surface area (Å²) in [5.74, 6) is -0.00623. The van der Waals surface area contributed by atoms with Gasteiger partial charge >= 0.3 is 12.7 Å². The summed E-state index contributed by atoms with van der Waals surface area (Å²) in [5, 5.41) is 12.9. The zero-order chi connectivity index (χ0) is 21.2. The highest BCUT2D eigenvalue weighted by atomic mass is 19.3. The van der Waals surface area contributed by atoms with Crippen LogP contribution >= 0.6 is 0 Å². The molecule has 1 N–H and O–H groups in total. The van der Waals surface area contributed by atoms with Gasteiger partial charge in [-0.05, 0) is 45.4 Å². The highest BCUT2D eigenvalue weighted by Crippen LogP contribution is 2.34. The van der Waals surface area contributed by atoms with Gasteiger partial charge in [-0.3, -0.25) is 4.98 Å². The number of carbonyl (C=O) groups is 1. The van der Waals surface area contributed by atoms with Crippen LogP contribution in [-0.4, -0.2) is 42.4 Å². The van der Waals surface area contributed by atoms with Gasteiger partial charge in [-0.25, -0.2) is 4.79 Å². The molecule has 1 atom stereocenters. The van der Waals surface area contributed by atoms with Crippen molar-refractivity contribution in [1.29, 1.82) is 5.26 Å². The van der Waals surface area contributed by atoms with Gasteiger partial charge in [-0.2, -0.15) is 14.0 Å². The molecule has 1 aliphatic rings. The molecule has 1 aliphatic heterocycles. The van der Waals surface area contributed by atoms with Gasteiger partial charge in [0, 0.05) is 24.7 Å². The Labute approximate surface area is 167 Å². The van der Waals surface area contributed by atoms with Crippen molar-refractivity contribution < 1.29 is 23.0 Å². The van der Waals surface area contributed by atoms with Gasteiger partial charge in [0.15, 0.2) is 0 Å². The molecule has 2 aromatic rings. The summed E-state index contributed by atoms with van der Waals surface area (Å²) in [7, 11) is 0. The normalized spacial score (nSPS) is 16.7. The van der Waals surface area contributed by atoms with E-state index in [0.29, 0.717) is 41.7 Å². The Morgan fingerprint density at radius 2 is 2.17 bits per heavy atom. The number of aromatic nitrogens is 1. The number of benzene rings is 1. The minimum Gasteiger partial charge on any atom is -0.444 e. The molecule has 2 heterocycles. The number of rotatable bonds is 4. The third-order valence-electron chi connectivity index (χ3n) is 4.38. The highest BCUT2D eigenvalue weighted by molar-refractivity contribution is 5.95. The molecular formula is C20H22F2N4O3. The van der Waals surface area contributed by atoms with Crippen molar-refractivity contribution in [2.24, 2.45) is 0 Å². The van der Waals surface area contributed by atoms with Gasteiger partial charge in [0.2, 0.25) is 0 Å². The molecule has 1 aromatic heterocycles.